The highest BCUT2D eigenvalue weighted by molar-refractivity contribution is 5.78. The fourth-order valence-electron chi connectivity index (χ4n) is 2.34. The molecular formula is C15H19NO4. The molecule has 1 aliphatic heterocycles. The number of carboxylic acids is 1. The van der Waals surface area contributed by atoms with Gasteiger partial charge in [-0.1, -0.05) is 18.2 Å². The molecule has 1 amide bonds. The minimum Gasteiger partial charge on any atom is -0.493 e. The Morgan fingerprint density at radius 2 is 2.05 bits per heavy atom. The number of ether oxygens (including phenoxy) is 1. The lowest BCUT2D eigenvalue weighted by Gasteiger charge is -2.30. The van der Waals surface area contributed by atoms with Gasteiger partial charge in [-0.25, -0.2) is 0 Å². The molecule has 2 rings (SSSR count). The molecule has 0 spiro atoms. The number of carboxylic acid groups (broad SMARTS) is 1. The fourth-order valence-corrected chi connectivity index (χ4v) is 2.34. The number of aliphatic carboxylic acids is 1. The molecule has 1 N–H and O–H groups in total. The van der Waals surface area contributed by atoms with E-state index in [4.69, 9.17) is 9.84 Å². The Balaban J connectivity index is 1.75. The summed E-state index contributed by atoms with van der Waals surface area (Å²) >= 11 is 0. The van der Waals surface area contributed by atoms with E-state index in [2.05, 4.69) is 0 Å². The summed E-state index contributed by atoms with van der Waals surface area (Å²) in [5.41, 5.74) is 0. The van der Waals surface area contributed by atoms with E-state index in [0.717, 1.165) is 12.2 Å². The molecule has 1 saturated heterocycles. The van der Waals surface area contributed by atoms with E-state index in [1.54, 1.807) is 4.90 Å². The maximum absolute atomic E-state index is 12.0. The van der Waals surface area contributed by atoms with Crippen LogP contribution in [0.1, 0.15) is 19.3 Å². The van der Waals surface area contributed by atoms with Crippen LogP contribution >= 0.6 is 0 Å². The molecule has 0 saturated carbocycles. The first-order valence-electron chi connectivity index (χ1n) is 6.85. The van der Waals surface area contributed by atoms with Gasteiger partial charge in [0.05, 0.1) is 18.9 Å². The first-order chi connectivity index (χ1) is 9.66. The molecule has 1 atom stereocenters. The van der Waals surface area contributed by atoms with Gasteiger partial charge in [-0.2, -0.15) is 0 Å². The predicted molar refractivity (Wildman–Crippen MR) is 73.5 cm³/mol. The van der Waals surface area contributed by atoms with E-state index < -0.39 is 11.9 Å². The number of nitrogens with zero attached hydrogens (tertiary/aromatic N) is 1. The van der Waals surface area contributed by atoms with Crippen molar-refractivity contribution in [1.82, 2.24) is 4.90 Å². The second kappa shape index (κ2) is 6.93. The lowest BCUT2D eigenvalue weighted by molar-refractivity contribution is -0.145. The number of hydrogen-bond acceptors (Lipinski definition) is 3. The van der Waals surface area contributed by atoms with Crippen LogP contribution in [0, 0.1) is 5.92 Å². The van der Waals surface area contributed by atoms with Crippen molar-refractivity contribution in [3.63, 3.8) is 0 Å². The summed E-state index contributed by atoms with van der Waals surface area (Å²) < 4.78 is 5.48. The van der Waals surface area contributed by atoms with Crippen molar-refractivity contribution in [3.05, 3.63) is 30.3 Å². The highest BCUT2D eigenvalue weighted by atomic mass is 16.5. The van der Waals surface area contributed by atoms with Crippen molar-refractivity contribution in [2.75, 3.05) is 19.7 Å². The quantitative estimate of drug-likeness (QED) is 0.891. The molecular weight excluding hydrogens is 258 g/mol. The number of carbonyl (C=O) groups excluding carboxylic acids is 1. The van der Waals surface area contributed by atoms with E-state index >= 15 is 0 Å². The maximum atomic E-state index is 12.0. The molecule has 1 aliphatic rings. The molecule has 108 valence electrons. The minimum absolute atomic E-state index is 0.0353. The summed E-state index contributed by atoms with van der Waals surface area (Å²) in [6.07, 6.45) is 1.68. The third-order valence-electron chi connectivity index (χ3n) is 3.45. The molecule has 5 nitrogen and oxygen atoms in total. The summed E-state index contributed by atoms with van der Waals surface area (Å²) in [6.45, 7) is 1.28. The van der Waals surface area contributed by atoms with Crippen LogP contribution in [0.25, 0.3) is 0 Å². The van der Waals surface area contributed by atoms with Crippen molar-refractivity contribution >= 4 is 11.9 Å². The van der Waals surface area contributed by atoms with Crippen molar-refractivity contribution in [3.8, 4) is 5.75 Å². The van der Waals surface area contributed by atoms with E-state index in [1.165, 1.54) is 0 Å². The minimum atomic E-state index is -0.817. The van der Waals surface area contributed by atoms with Crippen LogP contribution in [0.3, 0.4) is 0 Å². The normalized spacial score (nSPS) is 18.6. The van der Waals surface area contributed by atoms with Crippen LogP contribution in [0.2, 0.25) is 0 Å². The number of piperidine rings is 1. The zero-order valence-electron chi connectivity index (χ0n) is 11.3. The number of amides is 1. The highest BCUT2D eigenvalue weighted by Gasteiger charge is 2.27. The molecule has 1 heterocycles. The number of rotatable bonds is 5. The molecule has 1 unspecified atom stereocenters. The van der Waals surface area contributed by atoms with Crippen molar-refractivity contribution in [2.45, 2.75) is 19.3 Å². The number of hydrogen-bond donors (Lipinski definition) is 1. The Hall–Kier alpha value is -2.04. The fraction of sp³-hybridized carbons (Fsp3) is 0.467. The second-order valence-corrected chi connectivity index (χ2v) is 4.93. The second-order valence-electron chi connectivity index (χ2n) is 4.93. The molecule has 0 aliphatic carbocycles. The van der Waals surface area contributed by atoms with Gasteiger partial charge >= 0.3 is 5.97 Å². The SMILES string of the molecule is O=C(O)C1CCCN(C(=O)CCOc2ccccc2)C1. The number of carbonyl (C=O) groups is 2. The number of likely N-dealkylation sites (tertiary alicyclic amines) is 1. The van der Waals surface area contributed by atoms with Gasteiger partial charge in [-0.05, 0) is 25.0 Å². The Kier molecular flexibility index (Phi) is 4.98. The van der Waals surface area contributed by atoms with Crippen molar-refractivity contribution < 1.29 is 19.4 Å². The lowest BCUT2D eigenvalue weighted by atomic mass is 9.98. The molecule has 20 heavy (non-hydrogen) atoms. The van der Waals surface area contributed by atoms with Gasteiger partial charge in [0.2, 0.25) is 5.91 Å². The summed E-state index contributed by atoms with van der Waals surface area (Å²) in [5, 5.41) is 9.00. The van der Waals surface area contributed by atoms with Crippen LogP contribution in [0.5, 0.6) is 5.75 Å². The summed E-state index contributed by atoms with van der Waals surface area (Å²) in [6, 6.07) is 9.33. The molecule has 0 aromatic heterocycles. The van der Waals surface area contributed by atoms with Gasteiger partial charge in [0.25, 0.3) is 0 Å². The zero-order chi connectivity index (χ0) is 14.4. The van der Waals surface area contributed by atoms with Crippen LogP contribution < -0.4 is 4.74 Å². The van der Waals surface area contributed by atoms with E-state index in [0.29, 0.717) is 26.1 Å². The van der Waals surface area contributed by atoms with Crippen LogP contribution in [-0.4, -0.2) is 41.6 Å². The molecule has 5 heteroatoms. The Morgan fingerprint density at radius 3 is 2.75 bits per heavy atom. The van der Waals surface area contributed by atoms with Gasteiger partial charge in [-0.15, -0.1) is 0 Å². The molecule has 1 fully saturated rings. The first kappa shape index (κ1) is 14.4. The standard InChI is InChI=1S/C15H19NO4/c17-14(8-10-20-13-6-2-1-3-7-13)16-9-4-5-12(11-16)15(18)19/h1-3,6-7,12H,4-5,8-11H2,(H,18,19). The van der Waals surface area contributed by atoms with Crippen LogP contribution in [0.15, 0.2) is 30.3 Å². The first-order valence-corrected chi connectivity index (χ1v) is 6.85. The maximum Gasteiger partial charge on any atom is 0.308 e. The average Bonchev–Trinajstić information content (AvgIpc) is 2.48. The Labute approximate surface area is 118 Å². The largest absolute Gasteiger partial charge is 0.493 e. The van der Waals surface area contributed by atoms with Crippen molar-refractivity contribution in [1.29, 1.82) is 0 Å². The van der Waals surface area contributed by atoms with Crippen molar-refractivity contribution in [2.24, 2.45) is 5.92 Å². The van der Waals surface area contributed by atoms with Gasteiger partial charge in [0.15, 0.2) is 0 Å². The van der Waals surface area contributed by atoms with Gasteiger partial charge in [-0.3, -0.25) is 9.59 Å². The Bertz CT molecular complexity index is 460. The number of benzene rings is 1. The Morgan fingerprint density at radius 1 is 1.30 bits per heavy atom. The van der Waals surface area contributed by atoms with Gasteiger partial charge in [0, 0.05) is 13.1 Å². The van der Waals surface area contributed by atoms with Gasteiger partial charge in [0.1, 0.15) is 5.75 Å². The predicted octanol–water partition coefficient (Wildman–Crippen LogP) is 1.78. The highest BCUT2D eigenvalue weighted by Crippen LogP contribution is 2.17. The molecule has 1 aromatic carbocycles. The van der Waals surface area contributed by atoms with Gasteiger partial charge < -0.3 is 14.7 Å². The summed E-state index contributed by atoms with van der Waals surface area (Å²) in [7, 11) is 0. The smallest absolute Gasteiger partial charge is 0.308 e. The average molecular weight is 277 g/mol. The third kappa shape index (κ3) is 3.98. The summed E-state index contributed by atoms with van der Waals surface area (Å²) in [4.78, 5) is 24.6. The number of para-hydroxylation sites is 1. The lowest BCUT2D eigenvalue weighted by Crippen LogP contribution is -2.42. The van der Waals surface area contributed by atoms with E-state index in [1.807, 2.05) is 30.3 Å². The summed E-state index contributed by atoms with van der Waals surface area (Å²) in [5.74, 6) is -0.542. The van der Waals surface area contributed by atoms with Crippen LogP contribution in [0.4, 0.5) is 0 Å². The third-order valence-corrected chi connectivity index (χ3v) is 3.45. The topological polar surface area (TPSA) is 66.8 Å². The molecule has 0 bridgehead atoms. The van der Waals surface area contributed by atoms with Crippen LogP contribution in [-0.2, 0) is 9.59 Å². The van der Waals surface area contributed by atoms with E-state index in [9.17, 15) is 9.59 Å². The molecule has 1 aromatic rings. The zero-order valence-corrected chi connectivity index (χ0v) is 11.3. The van der Waals surface area contributed by atoms with E-state index in [-0.39, 0.29) is 12.3 Å². The molecule has 0 radical (unpaired) electrons. The monoisotopic (exact) mass is 277 g/mol.